The predicted molar refractivity (Wildman–Crippen MR) is 225 cm³/mol. The Morgan fingerprint density at radius 1 is 0.426 bits per heavy atom. The lowest BCUT2D eigenvalue weighted by Crippen LogP contribution is -1.96. The van der Waals surface area contributed by atoms with Gasteiger partial charge in [-0.25, -0.2) is 15.0 Å². The highest BCUT2D eigenvalue weighted by molar-refractivity contribution is 7.26. The Labute approximate surface area is 314 Å². The first kappa shape index (κ1) is 30.7. The van der Waals surface area contributed by atoms with Gasteiger partial charge in [0.25, 0.3) is 0 Å². The fourth-order valence-electron chi connectivity index (χ4n) is 7.67. The first-order chi connectivity index (χ1) is 26.7. The normalized spacial score (nSPS) is 11.7. The van der Waals surface area contributed by atoms with Gasteiger partial charge in [-0.1, -0.05) is 146 Å². The molecule has 0 aliphatic heterocycles. The number of para-hydroxylation sites is 2. The van der Waals surface area contributed by atoms with Crippen LogP contribution in [0, 0.1) is 0 Å². The van der Waals surface area contributed by atoms with E-state index in [1.807, 2.05) is 65.9 Å². The quantitative estimate of drug-likeness (QED) is 0.179. The highest BCUT2D eigenvalue weighted by Gasteiger charge is 2.18. The maximum absolute atomic E-state index is 6.44. The van der Waals surface area contributed by atoms with E-state index in [0.717, 1.165) is 72.2 Å². The van der Waals surface area contributed by atoms with Gasteiger partial charge in [0.2, 0.25) is 0 Å². The van der Waals surface area contributed by atoms with Crippen LogP contribution in [0.2, 0.25) is 0 Å². The highest BCUT2D eigenvalue weighted by Crippen LogP contribution is 2.42. The number of nitrogens with zero attached hydrogens (tertiary/aromatic N) is 3. The second-order valence-electron chi connectivity index (χ2n) is 13.5. The summed E-state index contributed by atoms with van der Waals surface area (Å²) in [6.07, 6.45) is 0. The minimum atomic E-state index is 0.669. The van der Waals surface area contributed by atoms with E-state index in [2.05, 4.69) is 121 Å². The summed E-state index contributed by atoms with van der Waals surface area (Å²) in [7, 11) is 0. The number of pyridine rings is 1. The van der Waals surface area contributed by atoms with E-state index in [0.29, 0.717) is 5.82 Å². The predicted octanol–water partition coefficient (Wildman–Crippen LogP) is 13.6. The van der Waals surface area contributed by atoms with Crippen LogP contribution < -0.4 is 0 Å². The summed E-state index contributed by atoms with van der Waals surface area (Å²) in [6, 6.07) is 61.2. The topological polar surface area (TPSA) is 51.8 Å². The maximum atomic E-state index is 6.44. The average Bonchev–Trinajstić information content (AvgIpc) is 3.83. The summed E-state index contributed by atoms with van der Waals surface area (Å²) in [5.41, 5.74) is 11.7. The molecule has 54 heavy (non-hydrogen) atoms. The molecule has 0 aliphatic rings. The number of hydrogen-bond donors (Lipinski definition) is 0. The number of thiophene rings is 1. The molecule has 11 aromatic rings. The van der Waals surface area contributed by atoms with Crippen molar-refractivity contribution in [1.29, 1.82) is 0 Å². The monoisotopic (exact) mass is 707 g/mol. The SMILES string of the molecule is c1ccc(-c2cc(-c3ccc(-c4cccc5c4sc4ccccc45)cc3)nc(-c3ccc(-c4nc5ccccc5c5oc6ccccc6c45)cc3)n2)cc1. The van der Waals surface area contributed by atoms with Crippen molar-refractivity contribution in [2.45, 2.75) is 0 Å². The van der Waals surface area contributed by atoms with Crippen LogP contribution in [-0.2, 0) is 0 Å². The zero-order valence-corrected chi connectivity index (χ0v) is 29.7. The molecule has 0 amide bonds. The molecule has 0 radical (unpaired) electrons. The minimum absolute atomic E-state index is 0.669. The molecule has 0 saturated heterocycles. The lowest BCUT2D eigenvalue weighted by Gasteiger charge is -2.11. The van der Waals surface area contributed by atoms with Crippen molar-refractivity contribution < 1.29 is 4.42 Å². The smallest absolute Gasteiger partial charge is 0.160 e. The Morgan fingerprint density at radius 3 is 1.85 bits per heavy atom. The van der Waals surface area contributed by atoms with Crippen LogP contribution in [0.15, 0.2) is 180 Å². The van der Waals surface area contributed by atoms with Crippen molar-refractivity contribution in [3.05, 3.63) is 176 Å². The number of benzene rings is 7. The molecule has 252 valence electrons. The Bertz CT molecular complexity index is 3200. The third-order valence-corrected chi connectivity index (χ3v) is 11.5. The molecule has 4 heterocycles. The van der Waals surface area contributed by atoms with E-state index in [9.17, 15) is 0 Å². The van der Waals surface area contributed by atoms with E-state index >= 15 is 0 Å². The standard InChI is InChI=1S/C49H29N3OS/c1-2-11-31(12-3-1)41-29-42(32-23-21-30(22-24-32)35-16-10-17-37-36-13-6-9-20-44(36)54-48(35)37)52-49(51-41)34-27-25-33(26-28-34)46-45-39-15-5-8-19-43(39)53-47(45)38-14-4-7-18-40(38)50-46/h1-29H. The largest absolute Gasteiger partial charge is 0.455 e. The third kappa shape index (κ3) is 5.01. The van der Waals surface area contributed by atoms with Crippen LogP contribution >= 0.6 is 11.3 Å². The molecule has 4 aromatic heterocycles. The Morgan fingerprint density at radius 2 is 1.04 bits per heavy atom. The van der Waals surface area contributed by atoms with Gasteiger partial charge >= 0.3 is 0 Å². The van der Waals surface area contributed by atoms with Gasteiger partial charge in [0.05, 0.1) is 28.0 Å². The number of rotatable bonds is 5. The summed E-state index contributed by atoms with van der Waals surface area (Å²) >= 11 is 1.85. The number of hydrogen-bond acceptors (Lipinski definition) is 5. The summed E-state index contributed by atoms with van der Waals surface area (Å²) in [4.78, 5) is 15.4. The molecule has 4 nitrogen and oxygen atoms in total. The van der Waals surface area contributed by atoms with Crippen LogP contribution in [0.1, 0.15) is 0 Å². The highest BCUT2D eigenvalue weighted by atomic mass is 32.1. The van der Waals surface area contributed by atoms with Gasteiger partial charge in [0.1, 0.15) is 11.2 Å². The molecular weight excluding hydrogens is 679 g/mol. The molecular formula is C49H29N3OS. The van der Waals surface area contributed by atoms with E-state index in [1.165, 1.54) is 31.3 Å². The second kappa shape index (κ2) is 12.3. The molecule has 7 aromatic carbocycles. The molecule has 5 heteroatoms. The van der Waals surface area contributed by atoms with Gasteiger partial charge in [-0.05, 0) is 41.5 Å². The van der Waals surface area contributed by atoms with Crippen molar-refractivity contribution in [1.82, 2.24) is 15.0 Å². The Kier molecular flexibility index (Phi) is 7.00. The summed E-state index contributed by atoms with van der Waals surface area (Å²) in [5.74, 6) is 0.669. The molecule has 0 unspecified atom stereocenters. The van der Waals surface area contributed by atoms with Crippen LogP contribution in [0.4, 0.5) is 0 Å². The first-order valence-corrected chi connectivity index (χ1v) is 18.8. The van der Waals surface area contributed by atoms with Gasteiger partial charge in [0.15, 0.2) is 5.82 Å². The molecule has 0 N–H and O–H groups in total. The van der Waals surface area contributed by atoms with E-state index in [4.69, 9.17) is 19.4 Å². The second-order valence-corrected chi connectivity index (χ2v) is 14.6. The number of furan rings is 1. The number of aromatic nitrogens is 3. The molecule has 0 saturated carbocycles. The van der Waals surface area contributed by atoms with Gasteiger partial charge in [-0.2, -0.15) is 0 Å². The van der Waals surface area contributed by atoms with E-state index in [-0.39, 0.29) is 0 Å². The van der Waals surface area contributed by atoms with Crippen molar-refractivity contribution in [2.75, 3.05) is 0 Å². The Balaban J connectivity index is 1.01. The van der Waals surface area contributed by atoms with Gasteiger partial charge in [-0.3, -0.25) is 0 Å². The summed E-state index contributed by atoms with van der Waals surface area (Å²) in [5, 5.41) is 5.69. The summed E-state index contributed by atoms with van der Waals surface area (Å²) in [6.45, 7) is 0. The van der Waals surface area contributed by atoms with Gasteiger partial charge < -0.3 is 4.42 Å². The lowest BCUT2D eigenvalue weighted by atomic mass is 9.99. The average molecular weight is 708 g/mol. The van der Waals surface area contributed by atoms with Gasteiger partial charge in [-0.15, -0.1) is 11.3 Å². The molecule has 0 spiro atoms. The van der Waals surface area contributed by atoms with Crippen LogP contribution in [-0.4, -0.2) is 15.0 Å². The van der Waals surface area contributed by atoms with Crippen molar-refractivity contribution >= 4 is 64.4 Å². The Hall–Kier alpha value is -6.95. The molecule has 11 rings (SSSR count). The third-order valence-electron chi connectivity index (χ3n) is 10.3. The van der Waals surface area contributed by atoms with Crippen LogP contribution in [0.25, 0.3) is 109 Å². The zero-order valence-electron chi connectivity index (χ0n) is 28.9. The fraction of sp³-hybridized carbons (Fsp3) is 0. The van der Waals surface area contributed by atoms with E-state index < -0.39 is 0 Å². The maximum Gasteiger partial charge on any atom is 0.160 e. The lowest BCUT2D eigenvalue weighted by molar-refractivity contribution is 0.672. The van der Waals surface area contributed by atoms with E-state index in [1.54, 1.807) is 0 Å². The van der Waals surface area contributed by atoms with Crippen LogP contribution in [0.3, 0.4) is 0 Å². The van der Waals surface area contributed by atoms with Crippen molar-refractivity contribution in [3.8, 4) is 56.3 Å². The van der Waals surface area contributed by atoms with Gasteiger partial charge in [0, 0.05) is 53.2 Å². The molecule has 0 bridgehead atoms. The van der Waals surface area contributed by atoms with Crippen molar-refractivity contribution in [3.63, 3.8) is 0 Å². The first-order valence-electron chi connectivity index (χ1n) is 18.0. The zero-order chi connectivity index (χ0) is 35.6. The number of fused-ring (bicyclic) bond motifs is 8. The molecule has 0 fully saturated rings. The molecule has 0 aliphatic carbocycles. The minimum Gasteiger partial charge on any atom is -0.455 e. The van der Waals surface area contributed by atoms with Crippen molar-refractivity contribution in [2.24, 2.45) is 0 Å². The summed E-state index contributed by atoms with van der Waals surface area (Å²) < 4.78 is 9.06. The molecule has 0 atom stereocenters. The van der Waals surface area contributed by atoms with Crippen LogP contribution in [0.5, 0.6) is 0 Å². The fourth-order valence-corrected chi connectivity index (χ4v) is 8.91.